The number of aromatic nitrogens is 1. The van der Waals surface area contributed by atoms with Gasteiger partial charge in [0, 0.05) is 37.8 Å². The number of anilines is 1. The van der Waals surface area contributed by atoms with Crippen molar-refractivity contribution >= 4 is 11.8 Å². The molecule has 0 aliphatic carbocycles. The minimum absolute atomic E-state index is 0.0242. The highest BCUT2D eigenvalue weighted by molar-refractivity contribution is 5.79. The van der Waals surface area contributed by atoms with Gasteiger partial charge >= 0.3 is 0 Å². The van der Waals surface area contributed by atoms with Crippen molar-refractivity contribution in [1.82, 2.24) is 15.6 Å². The standard InChI is InChI=1S/C23H33N5/c1-4-24-22(27-18-23(2,3)20-10-6-5-7-11-20)26-17-19-12-13-21(25-16-19)28-14-8-9-15-28/h5-7,10-13,16H,4,8-9,14-15,17-18H2,1-3H3,(H2,24,26,27). The van der Waals surface area contributed by atoms with Crippen molar-refractivity contribution in [1.29, 1.82) is 0 Å². The molecular formula is C23H33N5. The van der Waals surface area contributed by atoms with E-state index in [4.69, 9.17) is 4.99 Å². The molecule has 2 aromatic rings. The molecule has 1 saturated heterocycles. The first-order valence-corrected chi connectivity index (χ1v) is 10.4. The average Bonchev–Trinajstić information content (AvgIpc) is 3.26. The summed E-state index contributed by atoms with van der Waals surface area (Å²) in [6.45, 7) is 11.1. The van der Waals surface area contributed by atoms with Crippen molar-refractivity contribution in [2.75, 3.05) is 31.1 Å². The lowest BCUT2D eigenvalue weighted by molar-refractivity contribution is 0.508. The number of hydrogen-bond donors (Lipinski definition) is 2. The number of aliphatic imine (C=N–C) groups is 1. The highest BCUT2D eigenvalue weighted by Crippen LogP contribution is 2.21. The predicted octanol–water partition coefficient (Wildman–Crippen LogP) is 3.71. The van der Waals surface area contributed by atoms with Crippen molar-refractivity contribution in [3.8, 4) is 0 Å². The lowest BCUT2D eigenvalue weighted by atomic mass is 9.85. The Morgan fingerprint density at radius 3 is 2.46 bits per heavy atom. The van der Waals surface area contributed by atoms with Crippen LogP contribution in [0.15, 0.2) is 53.7 Å². The van der Waals surface area contributed by atoms with E-state index in [-0.39, 0.29) is 5.41 Å². The Hall–Kier alpha value is -2.56. The van der Waals surface area contributed by atoms with Gasteiger partial charge in [0.25, 0.3) is 0 Å². The highest BCUT2D eigenvalue weighted by Gasteiger charge is 2.20. The number of benzene rings is 1. The van der Waals surface area contributed by atoms with E-state index in [2.05, 4.69) is 83.8 Å². The van der Waals surface area contributed by atoms with E-state index in [1.54, 1.807) is 0 Å². The molecule has 0 radical (unpaired) electrons. The summed E-state index contributed by atoms with van der Waals surface area (Å²) in [7, 11) is 0. The fourth-order valence-corrected chi connectivity index (χ4v) is 3.45. The van der Waals surface area contributed by atoms with Crippen LogP contribution in [0.2, 0.25) is 0 Å². The van der Waals surface area contributed by atoms with E-state index in [1.807, 2.05) is 6.20 Å². The van der Waals surface area contributed by atoms with Crippen LogP contribution in [0, 0.1) is 0 Å². The Bertz CT molecular complexity index is 746. The minimum atomic E-state index is 0.0242. The fourth-order valence-electron chi connectivity index (χ4n) is 3.45. The fraction of sp³-hybridized carbons (Fsp3) is 0.478. The maximum Gasteiger partial charge on any atom is 0.191 e. The van der Waals surface area contributed by atoms with Crippen molar-refractivity contribution in [3.05, 3.63) is 59.8 Å². The smallest absolute Gasteiger partial charge is 0.191 e. The number of nitrogens with zero attached hydrogens (tertiary/aromatic N) is 3. The molecular weight excluding hydrogens is 346 g/mol. The second-order valence-electron chi connectivity index (χ2n) is 8.02. The Kier molecular flexibility index (Phi) is 6.90. The Morgan fingerprint density at radius 2 is 1.82 bits per heavy atom. The number of guanidine groups is 1. The molecule has 0 spiro atoms. The molecule has 5 heteroatoms. The average molecular weight is 380 g/mol. The van der Waals surface area contributed by atoms with Gasteiger partial charge in [0.05, 0.1) is 6.54 Å². The molecule has 0 saturated carbocycles. The Labute approximate surface area is 169 Å². The monoisotopic (exact) mass is 379 g/mol. The van der Waals surface area contributed by atoms with Crippen molar-refractivity contribution in [3.63, 3.8) is 0 Å². The van der Waals surface area contributed by atoms with Gasteiger partial charge in [-0.05, 0) is 37.0 Å². The van der Waals surface area contributed by atoms with Gasteiger partial charge < -0.3 is 15.5 Å². The third-order valence-corrected chi connectivity index (χ3v) is 5.26. The maximum absolute atomic E-state index is 4.75. The maximum atomic E-state index is 4.75. The molecule has 1 aliphatic heterocycles. The van der Waals surface area contributed by atoms with E-state index < -0.39 is 0 Å². The molecule has 1 aromatic carbocycles. The van der Waals surface area contributed by atoms with Crippen molar-refractivity contribution in [2.24, 2.45) is 4.99 Å². The zero-order valence-corrected chi connectivity index (χ0v) is 17.4. The molecule has 3 rings (SSSR count). The first-order valence-electron chi connectivity index (χ1n) is 10.4. The van der Waals surface area contributed by atoms with E-state index in [9.17, 15) is 0 Å². The quantitative estimate of drug-likeness (QED) is 0.569. The van der Waals surface area contributed by atoms with Crippen LogP contribution in [0.1, 0.15) is 44.7 Å². The van der Waals surface area contributed by atoms with Crippen LogP contribution in [0.4, 0.5) is 5.82 Å². The third-order valence-electron chi connectivity index (χ3n) is 5.26. The summed E-state index contributed by atoms with van der Waals surface area (Å²) in [5, 5.41) is 6.84. The van der Waals surface area contributed by atoms with E-state index in [0.29, 0.717) is 6.54 Å². The summed E-state index contributed by atoms with van der Waals surface area (Å²) in [6, 6.07) is 14.9. The van der Waals surface area contributed by atoms with Crippen LogP contribution < -0.4 is 15.5 Å². The van der Waals surface area contributed by atoms with Crippen LogP contribution in [-0.2, 0) is 12.0 Å². The van der Waals surface area contributed by atoms with Crippen molar-refractivity contribution < 1.29 is 0 Å². The number of rotatable bonds is 7. The number of hydrogen-bond acceptors (Lipinski definition) is 3. The molecule has 1 aliphatic rings. The Balaban J connectivity index is 1.59. The summed E-state index contributed by atoms with van der Waals surface area (Å²) in [5.41, 5.74) is 2.47. The first kappa shape index (κ1) is 20.2. The summed E-state index contributed by atoms with van der Waals surface area (Å²) in [5.74, 6) is 1.93. The lowest BCUT2D eigenvalue weighted by Crippen LogP contribution is -2.43. The van der Waals surface area contributed by atoms with Gasteiger partial charge in [-0.1, -0.05) is 50.2 Å². The molecule has 150 valence electrons. The van der Waals surface area contributed by atoms with E-state index >= 15 is 0 Å². The normalized spacial score (nSPS) is 15.0. The summed E-state index contributed by atoms with van der Waals surface area (Å²) in [4.78, 5) is 11.7. The SMILES string of the molecule is CCNC(=NCc1ccc(N2CCCC2)nc1)NCC(C)(C)c1ccccc1. The van der Waals surface area contributed by atoms with Gasteiger partial charge in [-0.25, -0.2) is 9.98 Å². The molecule has 2 heterocycles. The van der Waals surface area contributed by atoms with E-state index in [0.717, 1.165) is 43.5 Å². The van der Waals surface area contributed by atoms with Crippen LogP contribution in [0.3, 0.4) is 0 Å². The van der Waals surface area contributed by atoms with E-state index in [1.165, 1.54) is 18.4 Å². The molecule has 28 heavy (non-hydrogen) atoms. The first-order chi connectivity index (χ1) is 13.6. The molecule has 0 unspecified atom stereocenters. The molecule has 1 aromatic heterocycles. The van der Waals surface area contributed by atoms with Gasteiger partial charge in [-0.2, -0.15) is 0 Å². The zero-order chi connectivity index (χ0) is 19.8. The van der Waals surface area contributed by atoms with Crippen LogP contribution in [-0.4, -0.2) is 37.1 Å². The van der Waals surface area contributed by atoms with Gasteiger partial charge in [0.1, 0.15) is 5.82 Å². The van der Waals surface area contributed by atoms with Gasteiger partial charge in [0.2, 0.25) is 0 Å². The molecule has 1 fully saturated rings. The molecule has 0 atom stereocenters. The molecule has 0 bridgehead atoms. The predicted molar refractivity (Wildman–Crippen MR) is 118 cm³/mol. The van der Waals surface area contributed by atoms with Crippen LogP contribution in [0.25, 0.3) is 0 Å². The number of pyridine rings is 1. The van der Waals surface area contributed by atoms with Crippen LogP contribution >= 0.6 is 0 Å². The second kappa shape index (κ2) is 9.58. The van der Waals surface area contributed by atoms with Crippen LogP contribution in [0.5, 0.6) is 0 Å². The van der Waals surface area contributed by atoms with Gasteiger partial charge in [0.15, 0.2) is 5.96 Å². The minimum Gasteiger partial charge on any atom is -0.357 e. The highest BCUT2D eigenvalue weighted by atomic mass is 15.2. The molecule has 5 nitrogen and oxygen atoms in total. The largest absolute Gasteiger partial charge is 0.357 e. The summed E-state index contributed by atoms with van der Waals surface area (Å²) >= 11 is 0. The third kappa shape index (κ3) is 5.47. The topological polar surface area (TPSA) is 52.6 Å². The number of nitrogens with one attached hydrogen (secondary N) is 2. The lowest BCUT2D eigenvalue weighted by Gasteiger charge is -2.26. The summed E-state index contributed by atoms with van der Waals surface area (Å²) in [6.07, 6.45) is 4.49. The second-order valence-corrected chi connectivity index (χ2v) is 8.02. The molecule has 2 N–H and O–H groups in total. The zero-order valence-electron chi connectivity index (χ0n) is 17.4. The summed E-state index contributed by atoms with van der Waals surface area (Å²) < 4.78 is 0. The van der Waals surface area contributed by atoms with Gasteiger partial charge in [-0.15, -0.1) is 0 Å². The molecule has 0 amide bonds. The van der Waals surface area contributed by atoms with Gasteiger partial charge in [-0.3, -0.25) is 0 Å². The Morgan fingerprint density at radius 1 is 1.07 bits per heavy atom. The van der Waals surface area contributed by atoms with Crippen molar-refractivity contribution in [2.45, 2.75) is 45.6 Å².